The number of hydrogen-bond acceptors (Lipinski definition) is 4. The second-order valence-electron chi connectivity index (χ2n) is 5.82. The van der Waals surface area contributed by atoms with E-state index in [-0.39, 0.29) is 27.9 Å². The van der Waals surface area contributed by atoms with Crippen LogP contribution in [-0.2, 0) is 4.74 Å². The van der Waals surface area contributed by atoms with E-state index in [1.54, 1.807) is 12.1 Å². The minimum Gasteiger partial charge on any atom is -0.374 e. The van der Waals surface area contributed by atoms with E-state index < -0.39 is 0 Å². The first kappa shape index (κ1) is 17.5. The summed E-state index contributed by atoms with van der Waals surface area (Å²) in [7, 11) is 0. The van der Waals surface area contributed by atoms with Crippen LogP contribution < -0.4 is 5.32 Å². The van der Waals surface area contributed by atoms with Gasteiger partial charge in [0, 0.05) is 26.2 Å². The monoisotopic (exact) mass is 345 g/mol. The van der Waals surface area contributed by atoms with Gasteiger partial charge in [0.25, 0.3) is 5.91 Å². The Hall–Kier alpha value is -0.880. The van der Waals surface area contributed by atoms with Gasteiger partial charge in [-0.2, -0.15) is 0 Å². The smallest absolute Gasteiger partial charge is 0.271 e. The molecule has 1 aromatic heterocycles. The largest absolute Gasteiger partial charge is 0.374 e. The fourth-order valence-corrected chi connectivity index (χ4v) is 2.79. The van der Waals surface area contributed by atoms with Gasteiger partial charge in [0.1, 0.15) is 10.8 Å². The molecule has 22 heavy (non-hydrogen) atoms. The third-order valence-corrected chi connectivity index (χ3v) is 3.88. The Labute approximate surface area is 140 Å². The normalized spacial score (nSPS) is 19.4. The van der Waals surface area contributed by atoms with Gasteiger partial charge in [-0.25, -0.2) is 4.98 Å². The van der Waals surface area contributed by atoms with E-state index in [4.69, 9.17) is 27.9 Å². The van der Waals surface area contributed by atoms with Gasteiger partial charge in [0.15, 0.2) is 0 Å². The number of amides is 1. The molecule has 1 N–H and O–H groups in total. The molecule has 2 heterocycles. The molecule has 7 heteroatoms. The molecule has 0 aromatic carbocycles. The van der Waals surface area contributed by atoms with Gasteiger partial charge in [0.05, 0.1) is 17.7 Å². The number of nitrogens with one attached hydrogen (secondary N) is 1. The van der Waals surface area contributed by atoms with E-state index >= 15 is 0 Å². The van der Waals surface area contributed by atoms with Crippen LogP contribution in [0, 0.1) is 5.92 Å². The topological polar surface area (TPSA) is 54.5 Å². The molecule has 1 amide bonds. The van der Waals surface area contributed by atoms with Crippen molar-refractivity contribution >= 4 is 29.1 Å². The quantitative estimate of drug-likeness (QED) is 0.833. The predicted octanol–water partition coefficient (Wildman–Crippen LogP) is 2.48. The summed E-state index contributed by atoms with van der Waals surface area (Å²) >= 11 is 11.8. The van der Waals surface area contributed by atoms with Crippen molar-refractivity contribution in [2.75, 3.05) is 32.8 Å². The highest BCUT2D eigenvalue weighted by Gasteiger charge is 2.22. The highest BCUT2D eigenvalue weighted by molar-refractivity contribution is 6.34. The summed E-state index contributed by atoms with van der Waals surface area (Å²) in [6.45, 7) is 8.29. The molecule has 1 saturated heterocycles. The lowest BCUT2D eigenvalue weighted by molar-refractivity contribution is -0.0295. The van der Waals surface area contributed by atoms with E-state index in [2.05, 4.69) is 29.0 Å². The number of carbonyl (C=O) groups excluding carboxylic acids is 1. The molecule has 0 bridgehead atoms. The third kappa shape index (κ3) is 5.09. The van der Waals surface area contributed by atoms with Crippen molar-refractivity contribution in [3.8, 4) is 0 Å². The summed E-state index contributed by atoms with van der Waals surface area (Å²) in [6, 6.07) is 3.11. The molecule has 0 saturated carbocycles. The second kappa shape index (κ2) is 8.11. The van der Waals surface area contributed by atoms with E-state index in [9.17, 15) is 4.79 Å². The zero-order chi connectivity index (χ0) is 16.1. The average Bonchev–Trinajstić information content (AvgIpc) is 2.47. The molecule has 1 aliphatic heterocycles. The van der Waals surface area contributed by atoms with Gasteiger partial charge in [-0.1, -0.05) is 37.0 Å². The molecule has 5 nitrogen and oxygen atoms in total. The number of carbonyl (C=O) groups is 1. The summed E-state index contributed by atoms with van der Waals surface area (Å²) in [5, 5.41) is 3.34. The molecule has 0 aliphatic carbocycles. The number of rotatable bonds is 5. The van der Waals surface area contributed by atoms with E-state index in [1.165, 1.54) is 0 Å². The van der Waals surface area contributed by atoms with Crippen molar-refractivity contribution in [1.82, 2.24) is 15.2 Å². The molecule has 1 aromatic rings. The van der Waals surface area contributed by atoms with Gasteiger partial charge < -0.3 is 10.1 Å². The number of halogens is 2. The summed E-state index contributed by atoms with van der Waals surface area (Å²) in [6.07, 6.45) is -0.0191. The number of pyridine rings is 1. The molecule has 1 aliphatic rings. The first-order valence-electron chi connectivity index (χ1n) is 7.40. The number of ether oxygens (including phenoxy) is 1. The second-order valence-corrected chi connectivity index (χ2v) is 6.62. The lowest BCUT2D eigenvalue weighted by atomic mass is 10.2. The Bertz CT molecular complexity index is 526. The van der Waals surface area contributed by atoms with E-state index in [1.807, 2.05) is 0 Å². The van der Waals surface area contributed by atoms with Crippen LogP contribution in [0.3, 0.4) is 0 Å². The van der Waals surface area contributed by atoms with Crippen molar-refractivity contribution in [2.45, 2.75) is 20.0 Å². The van der Waals surface area contributed by atoms with Crippen LogP contribution in [0.1, 0.15) is 24.3 Å². The zero-order valence-corrected chi connectivity index (χ0v) is 14.3. The maximum absolute atomic E-state index is 12.1. The molecule has 1 atom stereocenters. The van der Waals surface area contributed by atoms with Crippen LogP contribution >= 0.6 is 23.2 Å². The van der Waals surface area contributed by atoms with Crippen LogP contribution in [-0.4, -0.2) is 54.7 Å². The van der Waals surface area contributed by atoms with Gasteiger partial charge in [-0.05, 0) is 18.1 Å². The zero-order valence-electron chi connectivity index (χ0n) is 12.8. The van der Waals surface area contributed by atoms with Crippen molar-refractivity contribution in [1.29, 1.82) is 0 Å². The predicted molar refractivity (Wildman–Crippen MR) is 87.6 cm³/mol. The SMILES string of the molecule is CC(C)CN1CCO[C@@H](CNC(=O)c2nc(Cl)ccc2Cl)C1. The van der Waals surface area contributed by atoms with Crippen LogP contribution in [0.25, 0.3) is 0 Å². The minimum absolute atomic E-state index is 0.0191. The lowest BCUT2D eigenvalue weighted by Gasteiger charge is -2.33. The summed E-state index contributed by atoms with van der Waals surface area (Å²) in [4.78, 5) is 18.5. The maximum Gasteiger partial charge on any atom is 0.271 e. The maximum atomic E-state index is 12.1. The first-order chi connectivity index (χ1) is 10.5. The van der Waals surface area contributed by atoms with Crippen molar-refractivity contribution in [3.63, 3.8) is 0 Å². The van der Waals surface area contributed by atoms with Crippen LogP contribution in [0.4, 0.5) is 0 Å². The van der Waals surface area contributed by atoms with Gasteiger partial charge in [0.2, 0.25) is 0 Å². The van der Waals surface area contributed by atoms with Crippen LogP contribution in [0.15, 0.2) is 12.1 Å². The van der Waals surface area contributed by atoms with Crippen molar-refractivity contribution in [2.24, 2.45) is 5.92 Å². The number of aromatic nitrogens is 1. The van der Waals surface area contributed by atoms with Crippen LogP contribution in [0.5, 0.6) is 0 Å². The van der Waals surface area contributed by atoms with Gasteiger partial charge in [-0.15, -0.1) is 0 Å². The fraction of sp³-hybridized carbons (Fsp3) is 0.600. The van der Waals surface area contributed by atoms with Crippen molar-refractivity contribution < 1.29 is 9.53 Å². The standard InChI is InChI=1S/C15H21Cl2N3O2/c1-10(2)8-20-5-6-22-11(9-20)7-18-15(21)14-12(16)3-4-13(17)19-14/h3-4,10-11H,5-9H2,1-2H3,(H,18,21)/t11-/m0/s1. The Balaban J connectivity index is 1.86. The molecule has 0 spiro atoms. The minimum atomic E-state index is -0.336. The third-order valence-electron chi connectivity index (χ3n) is 3.36. The molecular formula is C15H21Cl2N3O2. The number of hydrogen-bond donors (Lipinski definition) is 1. The highest BCUT2D eigenvalue weighted by atomic mass is 35.5. The molecule has 2 rings (SSSR count). The first-order valence-corrected chi connectivity index (χ1v) is 8.15. The number of morpholine rings is 1. The molecule has 0 radical (unpaired) electrons. The Morgan fingerprint density at radius 3 is 3.00 bits per heavy atom. The molecule has 0 unspecified atom stereocenters. The van der Waals surface area contributed by atoms with Gasteiger partial charge >= 0.3 is 0 Å². The summed E-state index contributed by atoms with van der Waals surface area (Å²) in [5.74, 6) is 0.278. The molecule has 122 valence electrons. The number of nitrogens with zero attached hydrogens (tertiary/aromatic N) is 2. The van der Waals surface area contributed by atoms with Crippen LogP contribution in [0.2, 0.25) is 10.2 Å². The summed E-state index contributed by atoms with van der Waals surface area (Å²) < 4.78 is 5.69. The molecule has 1 fully saturated rings. The Morgan fingerprint density at radius 2 is 2.27 bits per heavy atom. The fourth-order valence-electron chi connectivity index (χ4n) is 2.45. The van der Waals surface area contributed by atoms with E-state index in [0.717, 1.165) is 19.6 Å². The summed E-state index contributed by atoms with van der Waals surface area (Å²) in [5.41, 5.74) is 0.143. The van der Waals surface area contributed by atoms with E-state index in [0.29, 0.717) is 19.1 Å². The lowest BCUT2D eigenvalue weighted by Crippen LogP contribution is -2.48. The van der Waals surface area contributed by atoms with Gasteiger partial charge in [-0.3, -0.25) is 9.69 Å². The Morgan fingerprint density at radius 1 is 1.50 bits per heavy atom. The average molecular weight is 346 g/mol. The molecular weight excluding hydrogens is 325 g/mol. The van der Waals surface area contributed by atoms with Crippen molar-refractivity contribution in [3.05, 3.63) is 28.0 Å². The Kier molecular flexibility index (Phi) is 6.44. The highest BCUT2D eigenvalue weighted by Crippen LogP contribution is 2.16.